The Hall–Kier alpha value is -3.68. The number of nitrogens with one attached hydrogen (secondary N) is 1. The monoisotopic (exact) mass is 330 g/mol. The molecule has 0 atom stereocenters. The molecule has 4 aromatic heterocycles. The van der Waals surface area contributed by atoms with Gasteiger partial charge in [0, 0.05) is 30.2 Å². The summed E-state index contributed by atoms with van der Waals surface area (Å²) in [5.41, 5.74) is 1.79. The Morgan fingerprint density at radius 2 is 1.44 bits per heavy atom. The molecule has 0 spiro atoms. The molecule has 8 heteroatoms. The summed E-state index contributed by atoms with van der Waals surface area (Å²) in [6.07, 6.45) is 3.38. The van der Waals surface area contributed by atoms with Gasteiger partial charge in [-0.1, -0.05) is 0 Å². The molecule has 0 bridgehead atoms. The van der Waals surface area contributed by atoms with E-state index in [0.717, 1.165) is 10.8 Å². The van der Waals surface area contributed by atoms with Gasteiger partial charge in [0.15, 0.2) is 11.2 Å². The van der Waals surface area contributed by atoms with Crippen molar-refractivity contribution in [3.8, 4) is 0 Å². The molecule has 8 nitrogen and oxygen atoms in total. The molecular formula is C17H10N6O2. The Balaban J connectivity index is 2.19. The smallest absolute Gasteiger partial charge is 0.279 e. The molecular weight excluding hydrogens is 320 g/mol. The number of aromatic amines is 1. The minimum atomic E-state index is -0.559. The first-order valence-corrected chi connectivity index (χ1v) is 7.57. The number of rotatable bonds is 0. The topological polar surface area (TPSA) is 106 Å². The van der Waals surface area contributed by atoms with E-state index in [9.17, 15) is 9.59 Å². The van der Waals surface area contributed by atoms with Gasteiger partial charge in [-0.25, -0.2) is 14.8 Å². The summed E-state index contributed by atoms with van der Waals surface area (Å²) in [4.78, 5) is 44.3. The lowest BCUT2D eigenvalue weighted by molar-refractivity contribution is 0.828. The van der Waals surface area contributed by atoms with E-state index in [2.05, 4.69) is 24.9 Å². The van der Waals surface area contributed by atoms with Gasteiger partial charge in [0.05, 0.1) is 16.6 Å². The molecule has 0 saturated carbocycles. The van der Waals surface area contributed by atoms with Gasteiger partial charge in [0.25, 0.3) is 5.56 Å². The Morgan fingerprint density at radius 1 is 0.840 bits per heavy atom. The predicted molar refractivity (Wildman–Crippen MR) is 93.5 cm³/mol. The van der Waals surface area contributed by atoms with E-state index in [1.54, 1.807) is 31.6 Å². The van der Waals surface area contributed by atoms with Crippen LogP contribution in [-0.2, 0) is 7.05 Å². The average molecular weight is 330 g/mol. The molecule has 0 aliphatic heterocycles. The number of fused-ring (bicyclic) bond motifs is 7. The van der Waals surface area contributed by atoms with Gasteiger partial charge in [0.2, 0.25) is 0 Å². The van der Waals surface area contributed by atoms with Crippen LogP contribution in [0.5, 0.6) is 0 Å². The van der Waals surface area contributed by atoms with Crippen LogP contribution in [0.4, 0.5) is 0 Å². The van der Waals surface area contributed by atoms with E-state index < -0.39 is 11.2 Å². The summed E-state index contributed by atoms with van der Waals surface area (Å²) in [5.74, 6) is 0. The van der Waals surface area contributed by atoms with E-state index in [4.69, 9.17) is 0 Å². The van der Waals surface area contributed by atoms with Crippen LogP contribution in [0.3, 0.4) is 0 Å². The van der Waals surface area contributed by atoms with Gasteiger partial charge in [-0.2, -0.15) is 0 Å². The lowest BCUT2D eigenvalue weighted by atomic mass is 10.1. The largest absolute Gasteiger partial charge is 0.329 e. The number of pyridine rings is 2. The molecule has 1 aromatic carbocycles. The van der Waals surface area contributed by atoms with Gasteiger partial charge in [-0.3, -0.25) is 24.3 Å². The molecule has 25 heavy (non-hydrogen) atoms. The molecule has 5 rings (SSSR count). The number of hydrogen-bond acceptors (Lipinski definition) is 6. The maximum absolute atomic E-state index is 12.2. The summed E-state index contributed by atoms with van der Waals surface area (Å²) in [7, 11) is 1.55. The van der Waals surface area contributed by atoms with Gasteiger partial charge < -0.3 is 0 Å². The highest BCUT2D eigenvalue weighted by Gasteiger charge is 2.16. The minimum absolute atomic E-state index is 0.114. The number of benzene rings is 1. The Bertz CT molecular complexity index is 1450. The fourth-order valence-corrected chi connectivity index (χ4v) is 3.09. The van der Waals surface area contributed by atoms with Crippen molar-refractivity contribution in [2.45, 2.75) is 0 Å². The van der Waals surface area contributed by atoms with Crippen LogP contribution in [0.15, 0.2) is 46.2 Å². The molecule has 0 radical (unpaired) electrons. The second kappa shape index (κ2) is 4.67. The number of aromatic nitrogens is 6. The van der Waals surface area contributed by atoms with Gasteiger partial charge >= 0.3 is 5.69 Å². The highest BCUT2D eigenvalue weighted by molar-refractivity contribution is 6.21. The number of nitrogens with zero attached hydrogens (tertiary/aromatic N) is 5. The van der Waals surface area contributed by atoms with Crippen molar-refractivity contribution < 1.29 is 0 Å². The fourth-order valence-electron chi connectivity index (χ4n) is 3.09. The molecule has 1 N–H and O–H groups in total. The van der Waals surface area contributed by atoms with E-state index in [1.165, 1.54) is 4.57 Å². The van der Waals surface area contributed by atoms with Crippen molar-refractivity contribution in [2.75, 3.05) is 0 Å². The molecule has 0 aliphatic rings. The van der Waals surface area contributed by atoms with E-state index in [-0.39, 0.29) is 11.2 Å². The fraction of sp³-hybridized carbons (Fsp3) is 0.0588. The standard InChI is InChI=1S/C17H10N6O2/c1-23-15-14(16(24)22-17(23)25)20-12-8-4-2-6-18-10(8)11-9(13(12)21-15)5-3-7-19-11/h2-7H,1H3,(H,22,24,25). The zero-order valence-electron chi connectivity index (χ0n) is 13.0. The number of H-pyrrole nitrogens is 1. The second-order valence-corrected chi connectivity index (χ2v) is 5.71. The average Bonchev–Trinajstić information content (AvgIpc) is 2.65. The maximum atomic E-state index is 12.2. The van der Waals surface area contributed by atoms with Crippen LogP contribution >= 0.6 is 0 Å². The first kappa shape index (κ1) is 13.7. The van der Waals surface area contributed by atoms with Crippen LogP contribution < -0.4 is 11.2 Å². The molecule has 0 unspecified atom stereocenters. The molecule has 5 aromatic rings. The maximum Gasteiger partial charge on any atom is 0.329 e. The highest BCUT2D eigenvalue weighted by atomic mass is 16.2. The predicted octanol–water partition coefficient (Wildman–Crippen LogP) is 1.27. The van der Waals surface area contributed by atoms with E-state index in [0.29, 0.717) is 22.1 Å². The van der Waals surface area contributed by atoms with Crippen molar-refractivity contribution >= 4 is 44.0 Å². The third kappa shape index (κ3) is 1.76. The molecule has 0 fully saturated rings. The minimum Gasteiger partial charge on any atom is -0.279 e. The quantitative estimate of drug-likeness (QED) is 0.338. The molecule has 4 heterocycles. The lowest BCUT2D eigenvalue weighted by Gasteiger charge is -2.09. The summed E-state index contributed by atoms with van der Waals surface area (Å²) in [5, 5.41) is 1.53. The Morgan fingerprint density at radius 3 is 2.08 bits per heavy atom. The van der Waals surface area contributed by atoms with Gasteiger partial charge in [-0.15, -0.1) is 0 Å². The van der Waals surface area contributed by atoms with Crippen molar-refractivity contribution in [3.63, 3.8) is 0 Å². The normalized spacial score (nSPS) is 11.7. The molecule has 0 aliphatic carbocycles. The third-order valence-corrected chi connectivity index (χ3v) is 4.29. The molecule has 120 valence electrons. The van der Waals surface area contributed by atoms with Gasteiger partial charge in [0.1, 0.15) is 5.52 Å². The van der Waals surface area contributed by atoms with E-state index in [1.807, 2.05) is 12.1 Å². The van der Waals surface area contributed by atoms with Crippen LogP contribution in [0, 0.1) is 0 Å². The van der Waals surface area contributed by atoms with Crippen LogP contribution in [0.25, 0.3) is 44.0 Å². The summed E-state index contributed by atoms with van der Waals surface area (Å²) < 4.78 is 1.28. The summed E-state index contributed by atoms with van der Waals surface area (Å²) in [6, 6.07) is 7.35. The molecule has 0 amide bonds. The van der Waals surface area contributed by atoms with E-state index >= 15 is 0 Å². The van der Waals surface area contributed by atoms with Crippen molar-refractivity contribution in [1.29, 1.82) is 0 Å². The van der Waals surface area contributed by atoms with Crippen LogP contribution in [0.2, 0.25) is 0 Å². The lowest BCUT2D eigenvalue weighted by Crippen LogP contribution is -2.29. The first-order valence-electron chi connectivity index (χ1n) is 7.57. The summed E-state index contributed by atoms with van der Waals surface area (Å²) >= 11 is 0. The third-order valence-electron chi connectivity index (χ3n) is 4.29. The van der Waals surface area contributed by atoms with Crippen molar-refractivity contribution in [3.05, 3.63) is 57.5 Å². The van der Waals surface area contributed by atoms with Crippen LogP contribution in [0.1, 0.15) is 0 Å². The number of aryl methyl sites for hydroxylation is 1. The Labute approximate surface area is 138 Å². The summed E-state index contributed by atoms with van der Waals surface area (Å²) in [6.45, 7) is 0. The number of hydrogen-bond donors (Lipinski definition) is 1. The first-order chi connectivity index (χ1) is 12.1. The van der Waals surface area contributed by atoms with Crippen molar-refractivity contribution in [2.24, 2.45) is 7.05 Å². The highest BCUT2D eigenvalue weighted by Crippen LogP contribution is 2.30. The zero-order chi connectivity index (χ0) is 17.1. The van der Waals surface area contributed by atoms with Crippen LogP contribution in [-0.4, -0.2) is 29.5 Å². The van der Waals surface area contributed by atoms with Crippen molar-refractivity contribution in [1.82, 2.24) is 29.5 Å². The zero-order valence-corrected chi connectivity index (χ0v) is 13.0. The second-order valence-electron chi connectivity index (χ2n) is 5.71. The van der Waals surface area contributed by atoms with Gasteiger partial charge in [-0.05, 0) is 24.3 Å². The SMILES string of the molecule is Cn1c(=O)[nH]c(=O)c2nc3c4cccnc4c4ncccc4c3nc21. The molecule has 0 saturated heterocycles. The Kier molecular flexibility index (Phi) is 2.56.